The maximum absolute atomic E-state index is 12.1. The number of aldehydes is 1. The number of rotatable bonds is 3. The number of nitrogens with two attached hydrogens (primary N) is 1. The van der Waals surface area contributed by atoms with E-state index in [1.807, 2.05) is 0 Å². The van der Waals surface area contributed by atoms with Crippen LogP contribution in [-0.2, 0) is 6.54 Å². The molecule has 1 heterocycles. The molecule has 8 heteroatoms. The van der Waals surface area contributed by atoms with Gasteiger partial charge in [0.15, 0.2) is 12.0 Å². The predicted octanol–water partition coefficient (Wildman–Crippen LogP) is 1.86. The fourth-order valence-corrected chi connectivity index (χ4v) is 1.70. The van der Waals surface area contributed by atoms with Gasteiger partial charge in [-0.2, -0.15) is 0 Å². The molecule has 0 aliphatic rings. The van der Waals surface area contributed by atoms with Gasteiger partial charge in [0.25, 0.3) is 0 Å². The Hall–Kier alpha value is -0.900. The summed E-state index contributed by atoms with van der Waals surface area (Å²) in [5.41, 5.74) is 5.23. The Morgan fingerprint density at radius 1 is 1.56 bits per heavy atom. The molecule has 0 atom stereocenters. The summed E-state index contributed by atoms with van der Waals surface area (Å²) in [4.78, 5) is 14.2. The third-order valence-corrected chi connectivity index (χ3v) is 2.67. The van der Waals surface area contributed by atoms with Crippen molar-refractivity contribution in [2.75, 3.05) is 0 Å². The van der Waals surface area contributed by atoms with Crippen molar-refractivity contribution in [1.82, 2.24) is 4.98 Å². The van der Waals surface area contributed by atoms with Gasteiger partial charge in [-0.1, -0.05) is 0 Å². The van der Waals surface area contributed by atoms with Gasteiger partial charge in [-0.25, -0.2) is 0 Å². The van der Waals surface area contributed by atoms with Crippen molar-refractivity contribution in [1.29, 1.82) is 0 Å². The molecule has 0 saturated heterocycles. The molecule has 0 amide bonds. The van der Waals surface area contributed by atoms with E-state index in [9.17, 15) is 18.0 Å². The number of pyridine rings is 1. The first-order valence-corrected chi connectivity index (χ1v) is 5.05. The van der Waals surface area contributed by atoms with E-state index in [0.717, 1.165) is 6.20 Å². The molecule has 1 aromatic heterocycles. The lowest BCUT2D eigenvalue weighted by Gasteiger charge is -2.14. The monoisotopic (exact) mass is 346 g/mol. The van der Waals surface area contributed by atoms with Crippen molar-refractivity contribution < 1.29 is 22.7 Å². The summed E-state index contributed by atoms with van der Waals surface area (Å²) < 4.78 is 40.1. The highest BCUT2D eigenvalue weighted by molar-refractivity contribution is 14.1. The molecule has 4 nitrogen and oxygen atoms in total. The lowest BCUT2D eigenvalue weighted by atomic mass is 10.2. The zero-order valence-electron chi connectivity index (χ0n) is 7.71. The second-order valence-electron chi connectivity index (χ2n) is 2.68. The van der Waals surface area contributed by atoms with Gasteiger partial charge >= 0.3 is 6.36 Å². The highest BCUT2D eigenvalue weighted by Gasteiger charge is 2.33. The first kappa shape index (κ1) is 13.2. The standard InChI is InChI=1S/C8H6F3IN2O2/c9-8(10,11)16-7-4(1-13)2-14-5(3-15)6(7)12/h2-3H,1,13H2. The van der Waals surface area contributed by atoms with Gasteiger partial charge in [-0.05, 0) is 22.6 Å². The minimum absolute atomic E-state index is 0.00660. The molecule has 0 aromatic carbocycles. The number of hydrogen-bond donors (Lipinski definition) is 1. The van der Waals surface area contributed by atoms with E-state index in [1.165, 1.54) is 0 Å². The van der Waals surface area contributed by atoms with Crippen molar-refractivity contribution in [3.8, 4) is 5.75 Å². The van der Waals surface area contributed by atoms with Crippen molar-refractivity contribution in [3.63, 3.8) is 0 Å². The number of ether oxygens (including phenoxy) is 1. The van der Waals surface area contributed by atoms with Gasteiger partial charge in [0.2, 0.25) is 0 Å². The number of halogens is 4. The molecule has 1 rings (SSSR count). The van der Waals surface area contributed by atoms with Gasteiger partial charge in [0.05, 0.1) is 3.57 Å². The van der Waals surface area contributed by atoms with Gasteiger partial charge in [0, 0.05) is 18.3 Å². The SMILES string of the molecule is NCc1cnc(C=O)c(I)c1OC(F)(F)F. The van der Waals surface area contributed by atoms with E-state index in [1.54, 1.807) is 22.6 Å². The Balaban J connectivity index is 3.26. The lowest BCUT2D eigenvalue weighted by molar-refractivity contribution is -0.275. The van der Waals surface area contributed by atoms with Crippen LogP contribution in [0.1, 0.15) is 16.1 Å². The van der Waals surface area contributed by atoms with Crippen LogP contribution in [0.2, 0.25) is 0 Å². The number of carbonyl (C=O) groups is 1. The Morgan fingerprint density at radius 2 is 2.19 bits per heavy atom. The van der Waals surface area contributed by atoms with Gasteiger partial charge in [-0.15, -0.1) is 13.2 Å². The summed E-state index contributed by atoms with van der Waals surface area (Å²) in [5.74, 6) is -0.465. The molecule has 0 aliphatic carbocycles. The first-order chi connectivity index (χ1) is 7.39. The largest absolute Gasteiger partial charge is 0.573 e. The van der Waals surface area contributed by atoms with Crippen LogP contribution in [0.4, 0.5) is 13.2 Å². The molecule has 16 heavy (non-hydrogen) atoms. The van der Waals surface area contributed by atoms with Gasteiger partial charge in [-0.3, -0.25) is 9.78 Å². The lowest BCUT2D eigenvalue weighted by Crippen LogP contribution is -2.20. The van der Waals surface area contributed by atoms with Crippen molar-refractivity contribution in [3.05, 3.63) is 21.0 Å². The number of aromatic nitrogens is 1. The molecule has 0 radical (unpaired) electrons. The second kappa shape index (κ2) is 4.95. The molecule has 1 aromatic rings. The molecule has 0 aliphatic heterocycles. The van der Waals surface area contributed by atoms with E-state index >= 15 is 0 Å². The van der Waals surface area contributed by atoms with Gasteiger partial charge in [0.1, 0.15) is 5.69 Å². The van der Waals surface area contributed by atoms with E-state index in [0.29, 0.717) is 6.29 Å². The van der Waals surface area contributed by atoms with E-state index in [2.05, 4.69) is 9.72 Å². The minimum Gasteiger partial charge on any atom is -0.404 e. The number of nitrogens with zero attached hydrogens (tertiary/aromatic N) is 1. The van der Waals surface area contributed by atoms with Crippen LogP contribution >= 0.6 is 22.6 Å². The fourth-order valence-electron chi connectivity index (χ4n) is 0.974. The first-order valence-electron chi connectivity index (χ1n) is 3.97. The van der Waals surface area contributed by atoms with Crippen LogP contribution in [0.15, 0.2) is 6.20 Å². The summed E-state index contributed by atoms with van der Waals surface area (Å²) in [6.45, 7) is -0.159. The van der Waals surface area contributed by atoms with Crippen molar-refractivity contribution >= 4 is 28.9 Å². The van der Waals surface area contributed by atoms with Crippen LogP contribution < -0.4 is 10.5 Å². The van der Waals surface area contributed by atoms with E-state index in [4.69, 9.17) is 5.73 Å². The van der Waals surface area contributed by atoms with Crippen LogP contribution in [-0.4, -0.2) is 17.6 Å². The van der Waals surface area contributed by atoms with Gasteiger partial charge < -0.3 is 10.5 Å². The van der Waals surface area contributed by atoms with E-state index in [-0.39, 0.29) is 21.4 Å². The Morgan fingerprint density at radius 3 is 2.62 bits per heavy atom. The molecule has 2 N–H and O–H groups in total. The van der Waals surface area contributed by atoms with Crippen LogP contribution in [0, 0.1) is 3.57 Å². The zero-order valence-corrected chi connectivity index (χ0v) is 9.87. The average molecular weight is 346 g/mol. The third kappa shape index (κ3) is 3.04. The maximum atomic E-state index is 12.1. The summed E-state index contributed by atoms with van der Waals surface area (Å²) in [6.07, 6.45) is -3.39. The molecule has 0 bridgehead atoms. The summed E-state index contributed by atoms with van der Waals surface area (Å²) >= 11 is 1.56. The second-order valence-corrected chi connectivity index (χ2v) is 3.76. The summed E-state index contributed by atoms with van der Waals surface area (Å²) in [6, 6.07) is 0. The Bertz CT molecular complexity index is 409. The highest BCUT2D eigenvalue weighted by atomic mass is 127. The molecular weight excluding hydrogens is 340 g/mol. The van der Waals surface area contributed by atoms with Crippen molar-refractivity contribution in [2.45, 2.75) is 12.9 Å². The molecule has 0 fully saturated rings. The molecule has 0 spiro atoms. The van der Waals surface area contributed by atoms with Crippen molar-refractivity contribution in [2.24, 2.45) is 5.73 Å². The average Bonchev–Trinajstić information content (AvgIpc) is 2.19. The quantitative estimate of drug-likeness (QED) is 0.670. The molecule has 0 unspecified atom stereocenters. The smallest absolute Gasteiger partial charge is 0.404 e. The zero-order chi connectivity index (χ0) is 12.3. The molecule has 0 saturated carbocycles. The van der Waals surface area contributed by atoms with Crippen LogP contribution in [0.25, 0.3) is 0 Å². The molecule has 88 valence electrons. The van der Waals surface area contributed by atoms with E-state index < -0.39 is 12.1 Å². The third-order valence-electron chi connectivity index (χ3n) is 1.62. The maximum Gasteiger partial charge on any atom is 0.573 e. The number of alkyl halides is 3. The summed E-state index contributed by atoms with van der Waals surface area (Å²) in [5, 5.41) is 0. The van der Waals surface area contributed by atoms with Crippen LogP contribution in [0.3, 0.4) is 0 Å². The number of carbonyl (C=O) groups excluding carboxylic acids is 1. The minimum atomic E-state index is -4.83. The molecular formula is C8H6F3IN2O2. The Labute approximate surface area is 102 Å². The van der Waals surface area contributed by atoms with Crippen LogP contribution in [0.5, 0.6) is 5.75 Å². The fraction of sp³-hybridized carbons (Fsp3) is 0.250. The topological polar surface area (TPSA) is 65.2 Å². The highest BCUT2D eigenvalue weighted by Crippen LogP contribution is 2.31. The Kier molecular flexibility index (Phi) is 4.08. The summed E-state index contributed by atoms with van der Waals surface area (Å²) in [7, 11) is 0. The predicted molar refractivity (Wildman–Crippen MR) is 56.9 cm³/mol. The normalized spacial score (nSPS) is 11.3. The number of hydrogen-bond acceptors (Lipinski definition) is 4.